The van der Waals surface area contributed by atoms with Crippen molar-refractivity contribution in [3.63, 3.8) is 0 Å². The van der Waals surface area contributed by atoms with Crippen LogP contribution in [0, 0.1) is 5.92 Å². The number of hydrogen-bond donors (Lipinski definition) is 1. The van der Waals surface area contributed by atoms with Crippen LogP contribution >= 0.6 is 0 Å². The van der Waals surface area contributed by atoms with Crippen LogP contribution in [-0.4, -0.2) is 28.9 Å². The topological polar surface area (TPSA) is 56.2 Å². The van der Waals surface area contributed by atoms with E-state index >= 15 is 0 Å². The second-order valence-corrected chi connectivity index (χ2v) is 5.82. The lowest BCUT2D eigenvalue weighted by molar-refractivity contribution is -0.120. The van der Waals surface area contributed by atoms with Gasteiger partial charge in [0.1, 0.15) is 0 Å². The molecule has 0 atom stereocenters. The second-order valence-electron chi connectivity index (χ2n) is 5.82. The molecular weight excluding hydrogens is 266 g/mol. The minimum atomic E-state index is 0.117. The van der Waals surface area contributed by atoms with E-state index in [0.717, 1.165) is 57.4 Å². The second kappa shape index (κ2) is 8.17. The SMILES string of the molecule is CCCC(CCC)C(=O)Nc1cnn(C2CCOCC2)c1. The summed E-state index contributed by atoms with van der Waals surface area (Å²) in [7, 11) is 0. The number of aromatic nitrogens is 2. The molecule has 1 aromatic heterocycles. The van der Waals surface area contributed by atoms with Crippen molar-refractivity contribution in [3.8, 4) is 0 Å². The summed E-state index contributed by atoms with van der Waals surface area (Å²) in [6.07, 6.45) is 9.66. The highest BCUT2D eigenvalue weighted by atomic mass is 16.5. The van der Waals surface area contributed by atoms with Gasteiger partial charge in [0.25, 0.3) is 0 Å². The maximum atomic E-state index is 12.3. The summed E-state index contributed by atoms with van der Waals surface area (Å²) in [6, 6.07) is 0.395. The first kappa shape index (κ1) is 16.0. The average Bonchev–Trinajstić information content (AvgIpc) is 2.96. The van der Waals surface area contributed by atoms with Crippen molar-refractivity contribution in [2.75, 3.05) is 18.5 Å². The first-order valence-electron chi connectivity index (χ1n) is 8.17. The number of rotatable bonds is 7. The van der Waals surface area contributed by atoms with Gasteiger partial charge in [0.2, 0.25) is 5.91 Å². The molecule has 21 heavy (non-hydrogen) atoms. The third kappa shape index (κ3) is 4.56. The first-order valence-corrected chi connectivity index (χ1v) is 8.17. The van der Waals surface area contributed by atoms with E-state index in [1.165, 1.54) is 0 Å². The monoisotopic (exact) mass is 293 g/mol. The Balaban J connectivity index is 1.92. The van der Waals surface area contributed by atoms with E-state index in [2.05, 4.69) is 24.3 Å². The molecule has 0 spiro atoms. The van der Waals surface area contributed by atoms with Crippen LogP contribution in [0.3, 0.4) is 0 Å². The Morgan fingerprint density at radius 3 is 2.67 bits per heavy atom. The molecule has 1 aliphatic heterocycles. The summed E-state index contributed by atoms with van der Waals surface area (Å²) >= 11 is 0. The molecule has 0 aliphatic carbocycles. The minimum Gasteiger partial charge on any atom is -0.381 e. The van der Waals surface area contributed by atoms with E-state index in [1.54, 1.807) is 6.20 Å². The molecule has 0 unspecified atom stereocenters. The van der Waals surface area contributed by atoms with Gasteiger partial charge in [-0.05, 0) is 25.7 Å². The van der Waals surface area contributed by atoms with Gasteiger partial charge in [-0.3, -0.25) is 9.48 Å². The molecule has 0 bridgehead atoms. The number of hydrogen-bond acceptors (Lipinski definition) is 3. The third-order valence-corrected chi connectivity index (χ3v) is 4.08. The van der Waals surface area contributed by atoms with Gasteiger partial charge < -0.3 is 10.1 Å². The lowest BCUT2D eigenvalue weighted by Gasteiger charge is -2.22. The molecule has 2 rings (SSSR count). The van der Waals surface area contributed by atoms with Crippen molar-refractivity contribution in [1.29, 1.82) is 0 Å². The normalized spacial score (nSPS) is 16.3. The zero-order valence-corrected chi connectivity index (χ0v) is 13.2. The van der Waals surface area contributed by atoms with Crippen molar-refractivity contribution in [1.82, 2.24) is 9.78 Å². The summed E-state index contributed by atoms with van der Waals surface area (Å²) in [5.41, 5.74) is 0.809. The molecule has 1 saturated heterocycles. The summed E-state index contributed by atoms with van der Waals surface area (Å²) in [4.78, 5) is 12.3. The van der Waals surface area contributed by atoms with E-state index in [4.69, 9.17) is 4.74 Å². The summed E-state index contributed by atoms with van der Waals surface area (Å²) < 4.78 is 7.33. The van der Waals surface area contributed by atoms with Crippen LogP contribution in [0.15, 0.2) is 12.4 Å². The standard InChI is InChI=1S/C16H27N3O2/c1-3-5-13(6-4-2)16(20)18-14-11-17-19(12-14)15-7-9-21-10-8-15/h11-13,15H,3-10H2,1-2H3,(H,18,20). The molecule has 0 saturated carbocycles. The van der Waals surface area contributed by atoms with E-state index in [-0.39, 0.29) is 11.8 Å². The van der Waals surface area contributed by atoms with E-state index < -0.39 is 0 Å². The quantitative estimate of drug-likeness (QED) is 0.838. The van der Waals surface area contributed by atoms with Gasteiger partial charge in [-0.1, -0.05) is 26.7 Å². The van der Waals surface area contributed by atoms with Gasteiger partial charge in [-0.25, -0.2) is 0 Å². The minimum absolute atomic E-state index is 0.117. The summed E-state index contributed by atoms with van der Waals surface area (Å²) in [5, 5.41) is 7.41. The van der Waals surface area contributed by atoms with Crippen molar-refractivity contribution in [3.05, 3.63) is 12.4 Å². The number of nitrogens with zero attached hydrogens (tertiary/aromatic N) is 2. The molecular formula is C16H27N3O2. The Morgan fingerprint density at radius 1 is 1.38 bits per heavy atom. The molecule has 0 aromatic carbocycles. The average molecular weight is 293 g/mol. The van der Waals surface area contributed by atoms with Crippen LogP contribution in [0.4, 0.5) is 5.69 Å². The first-order chi connectivity index (χ1) is 10.2. The zero-order chi connectivity index (χ0) is 15.1. The van der Waals surface area contributed by atoms with Crippen molar-refractivity contribution < 1.29 is 9.53 Å². The third-order valence-electron chi connectivity index (χ3n) is 4.08. The molecule has 5 heteroatoms. The summed E-state index contributed by atoms with van der Waals surface area (Å²) in [5.74, 6) is 0.247. The van der Waals surface area contributed by atoms with Crippen LogP contribution in [-0.2, 0) is 9.53 Å². The molecule has 2 heterocycles. The Bertz CT molecular complexity index is 432. The largest absolute Gasteiger partial charge is 0.381 e. The van der Waals surface area contributed by atoms with Crippen LogP contribution < -0.4 is 5.32 Å². The molecule has 1 aliphatic rings. The fraction of sp³-hybridized carbons (Fsp3) is 0.750. The molecule has 0 radical (unpaired) electrons. The number of carbonyl (C=O) groups is 1. The maximum Gasteiger partial charge on any atom is 0.227 e. The zero-order valence-electron chi connectivity index (χ0n) is 13.2. The van der Waals surface area contributed by atoms with Crippen molar-refractivity contribution >= 4 is 11.6 Å². The number of anilines is 1. The predicted octanol–water partition coefficient (Wildman–Crippen LogP) is 3.39. The lowest BCUT2D eigenvalue weighted by Crippen LogP contribution is -2.22. The fourth-order valence-electron chi connectivity index (χ4n) is 2.90. The molecule has 1 fully saturated rings. The van der Waals surface area contributed by atoms with Crippen LogP contribution in [0.5, 0.6) is 0 Å². The highest BCUT2D eigenvalue weighted by Gasteiger charge is 2.19. The Labute approximate surface area is 127 Å². The maximum absolute atomic E-state index is 12.3. The predicted molar refractivity (Wildman–Crippen MR) is 83.3 cm³/mol. The Kier molecular flexibility index (Phi) is 6.23. The van der Waals surface area contributed by atoms with Gasteiger partial charge in [-0.15, -0.1) is 0 Å². The molecule has 1 amide bonds. The Hall–Kier alpha value is -1.36. The van der Waals surface area contributed by atoms with Gasteiger partial charge in [-0.2, -0.15) is 5.10 Å². The highest BCUT2D eigenvalue weighted by molar-refractivity contribution is 5.92. The van der Waals surface area contributed by atoms with Crippen LogP contribution in [0.1, 0.15) is 58.4 Å². The molecule has 5 nitrogen and oxygen atoms in total. The van der Waals surface area contributed by atoms with Crippen molar-refractivity contribution in [2.45, 2.75) is 58.4 Å². The van der Waals surface area contributed by atoms with Gasteiger partial charge in [0, 0.05) is 25.3 Å². The van der Waals surface area contributed by atoms with Gasteiger partial charge in [0.15, 0.2) is 0 Å². The molecule has 118 valence electrons. The lowest BCUT2D eigenvalue weighted by atomic mass is 9.97. The van der Waals surface area contributed by atoms with Crippen LogP contribution in [0.25, 0.3) is 0 Å². The Morgan fingerprint density at radius 2 is 2.05 bits per heavy atom. The number of ether oxygens (including phenoxy) is 1. The number of nitrogens with one attached hydrogen (secondary N) is 1. The van der Waals surface area contributed by atoms with Gasteiger partial charge in [0.05, 0.1) is 17.9 Å². The molecule has 1 aromatic rings. The number of amides is 1. The van der Waals surface area contributed by atoms with E-state index in [1.807, 2.05) is 10.9 Å². The van der Waals surface area contributed by atoms with Crippen molar-refractivity contribution in [2.24, 2.45) is 5.92 Å². The van der Waals surface area contributed by atoms with E-state index in [0.29, 0.717) is 6.04 Å². The highest BCUT2D eigenvalue weighted by Crippen LogP contribution is 2.22. The van der Waals surface area contributed by atoms with E-state index in [9.17, 15) is 4.79 Å². The van der Waals surface area contributed by atoms with Gasteiger partial charge >= 0.3 is 0 Å². The smallest absolute Gasteiger partial charge is 0.227 e. The van der Waals surface area contributed by atoms with Crippen LogP contribution in [0.2, 0.25) is 0 Å². The summed E-state index contributed by atoms with van der Waals surface area (Å²) in [6.45, 7) is 5.83. The fourth-order valence-corrected chi connectivity index (χ4v) is 2.90. The number of carbonyl (C=O) groups excluding carboxylic acids is 1. The molecule has 1 N–H and O–H groups in total.